The molecule has 0 aliphatic carbocycles. The smallest absolute Gasteiger partial charge is 0.341 e. The molecular formula is C10H8Cl5O5P. The van der Waals surface area contributed by atoms with Gasteiger partial charge in [-0.15, -0.1) is 0 Å². The molecule has 0 saturated heterocycles. The van der Waals surface area contributed by atoms with Gasteiger partial charge in [-0.1, -0.05) is 58.0 Å². The Morgan fingerprint density at radius 3 is 1.67 bits per heavy atom. The standard InChI is InChI=1S/C10H8Cl5O5P/c1-18-21(17,19-2)3-4(16)20-10-8(14)6(12)5(11)7(13)9(10)15/h3H2,1-2H3. The maximum absolute atomic E-state index is 11.8. The fourth-order valence-corrected chi connectivity index (χ4v) is 3.17. The van der Waals surface area contributed by atoms with E-state index in [9.17, 15) is 9.36 Å². The molecule has 0 fully saturated rings. The van der Waals surface area contributed by atoms with Gasteiger partial charge in [0.15, 0.2) is 5.75 Å². The third kappa shape index (κ3) is 4.40. The van der Waals surface area contributed by atoms with Gasteiger partial charge in [0.1, 0.15) is 16.2 Å². The number of halogens is 5. The molecule has 0 amide bonds. The Morgan fingerprint density at radius 1 is 0.905 bits per heavy atom. The van der Waals surface area contributed by atoms with E-state index in [1.807, 2.05) is 0 Å². The second kappa shape index (κ2) is 7.71. The Balaban J connectivity index is 3.10. The molecule has 1 rings (SSSR count). The molecule has 0 spiro atoms. The van der Waals surface area contributed by atoms with Crippen molar-refractivity contribution in [1.29, 1.82) is 0 Å². The fraction of sp³-hybridized carbons (Fsp3) is 0.300. The summed E-state index contributed by atoms with van der Waals surface area (Å²) in [5.41, 5.74) is 0. The van der Waals surface area contributed by atoms with E-state index in [4.69, 9.17) is 62.7 Å². The summed E-state index contributed by atoms with van der Waals surface area (Å²) in [5, 5.41) is -0.731. The molecule has 0 radical (unpaired) electrons. The molecule has 5 nitrogen and oxygen atoms in total. The first-order valence-electron chi connectivity index (χ1n) is 5.09. The lowest BCUT2D eigenvalue weighted by Crippen LogP contribution is -2.15. The van der Waals surface area contributed by atoms with Crippen molar-refractivity contribution in [3.05, 3.63) is 25.1 Å². The van der Waals surface area contributed by atoms with Crippen LogP contribution in [0.5, 0.6) is 5.75 Å². The van der Waals surface area contributed by atoms with E-state index in [1.165, 1.54) is 0 Å². The van der Waals surface area contributed by atoms with Gasteiger partial charge in [0, 0.05) is 14.2 Å². The van der Waals surface area contributed by atoms with Crippen LogP contribution < -0.4 is 4.74 Å². The average Bonchev–Trinajstić information content (AvgIpc) is 2.47. The predicted octanol–water partition coefficient (Wildman–Crippen LogP) is 5.34. The molecule has 11 heteroatoms. The van der Waals surface area contributed by atoms with Crippen LogP contribution in [0, 0.1) is 0 Å². The number of benzene rings is 1. The molecule has 118 valence electrons. The summed E-state index contributed by atoms with van der Waals surface area (Å²) < 4.78 is 26.0. The number of hydrogen-bond acceptors (Lipinski definition) is 5. The minimum Gasteiger partial charge on any atom is -0.423 e. The van der Waals surface area contributed by atoms with Crippen LogP contribution in [0.1, 0.15) is 0 Å². The highest BCUT2D eigenvalue weighted by Crippen LogP contribution is 2.49. The number of hydrogen-bond donors (Lipinski definition) is 0. The SMILES string of the molecule is COP(=O)(CC(=O)Oc1c(Cl)c(Cl)c(Cl)c(Cl)c1Cl)OC. The first-order chi connectivity index (χ1) is 9.66. The monoisotopic (exact) mass is 414 g/mol. The first-order valence-corrected chi connectivity index (χ1v) is 8.71. The lowest BCUT2D eigenvalue weighted by molar-refractivity contribution is -0.131. The van der Waals surface area contributed by atoms with Crippen LogP contribution in [-0.4, -0.2) is 26.4 Å². The zero-order valence-corrected chi connectivity index (χ0v) is 15.3. The molecule has 1 aromatic carbocycles. The summed E-state index contributed by atoms with van der Waals surface area (Å²) in [5.74, 6) is -1.25. The van der Waals surface area contributed by atoms with E-state index in [0.717, 1.165) is 14.2 Å². The molecular weight excluding hydrogens is 408 g/mol. The summed E-state index contributed by atoms with van der Waals surface area (Å²) in [6.07, 6.45) is -0.648. The van der Waals surface area contributed by atoms with Crippen LogP contribution in [0.25, 0.3) is 0 Å². The molecule has 0 bridgehead atoms. The average molecular weight is 416 g/mol. The van der Waals surface area contributed by atoms with Crippen molar-refractivity contribution in [3.8, 4) is 5.75 Å². The molecule has 0 heterocycles. The third-order valence-corrected chi connectivity index (χ3v) is 6.26. The van der Waals surface area contributed by atoms with Gasteiger partial charge in [0.25, 0.3) is 0 Å². The highest BCUT2D eigenvalue weighted by Gasteiger charge is 2.29. The molecule has 0 unspecified atom stereocenters. The van der Waals surface area contributed by atoms with Gasteiger partial charge in [-0.05, 0) is 0 Å². The summed E-state index contributed by atoms with van der Waals surface area (Å²) in [7, 11) is -1.33. The molecule has 0 aliphatic heterocycles. The van der Waals surface area contributed by atoms with E-state index in [1.54, 1.807) is 0 Å². The van der Waals surface area contributed by atoms with Crippen LogP contribution in [0.4, 0.5) is 0 Å². The van der Waals surface area contributed by atoms with Gasteiger partial charge in [0.05, 0.1) is 15.1 Å². The number of ether oxygens (including phenoxy) is 1. The minimum atomic E-state index is -3.59. The van der Waals surface area contributed by atoms with Gasteiger partial charge < -0.3 is 13.8 Å². The molecule has 0 aliphatic rings. The van der Waals surface area contributed by atoms with Crippen LogP contribution in [-0.2, 0) is 18.4 Å². The minimum absolute atomic E-state index is 0.0763. The lowest BCUT2D eigenvalue weighted by Gasteiger charge is -2.15. The summed E-state index contributed by atoms with van der Waals surface area (Å²) in [4.78, 5) is 11.8. The van der Waals surface area contributed by atoms with Crippen molar-refractivity contribution in [2.75, 3.05) is 20.4 Å². The third-order valence-electron chi connectivity index (χ3n) is 2.26. The highest BCUT2D eigenvalue weighted by atomic mass is 35.5. The number of carbonyl (C=O) groups excluding carboxylic acids is 1. The van der Waals surface area contributed by atoms with Crippen LogP contribution >= 0.6 is 65.6 Å². The number of carbonyl (C=O) groups is 1. The second-order valence-electron chi connectivity index (χ2n) is 3.51. The van der Waals surface area contributed by atoms with Crippen molar-refractivity contribution < 1.29 is 23.1 Å². The van der Waals surface area contributed by atoms with E-state index < -0.39 is 19.7 Å². The largest absolute Gasteiger partial charge is 0.423 e. The summed E-state index contributed by atoms with van der Waals surface area (Å²) in [6.45, 7) is 0. The Labute approximate surface area is 145 Å². The number of esters is 1. The molecule has 0 N–H and O–H groups in total. The van der Waals surface area contributed by atoms with E-state index in [-0.39, 0.29) is 30.9 Å². The van der Waals surface area contributed by atoms with Crippen molar-refractivity contribution in [2.45, 2.75) is 0 Å². The fourth-order valence-electron chi connectivity index (χ4n) is 1.18. The van der Waals surface area contributed by atoms with Crippen molar-refractivity contribution >= 4 is 71.6 Å². The zero-order chi connectivity index (χ0) is 16.4. The van der Waals surface area contributed by atoms with Crippen molar-refractivity contribution in [2.24, 2.45) is 0 Å². The highest BCUT2D eigenvalue weighted by molar-refractivity contribution is 7.54. The van der Waals surface area contributed by atoms with Crippen molar-refractivity contribution in [1.82, 2.24) is 0 Å². The zero-order valence-electron chi connectivity index (χ0n) is 10.6. The van der Waals surface area contributed by atoms with Crippen molar-refractivity contribution in [3.63, 3.8) is 0 Å². The maximum atomic E-state index is 11.8. The van der Waals surface area contributed by atoms with Gasteiger partial charge in [-0.3, -0.25) is 9.36 Å². The molecule has 0 aromatic heterocycles. The van der Waals surface area contributed by atoms with Gasteiger partial charge in [-0.25, -0.2) is 0 Å². The van der Waals surface area contributed by atoms with Gasteiger partial charge >= 0.3 is 13.6 Å². The Morgan fingerprint density at radius 2 is 1.29 bits per heavy atom. The van der Waals surface area contributed by atoms with Crippen LogP contribution in [0.15, 0.2) is 0 Å². The lowest BCUT2D eigenvalue weighted by atomic mass is 10.3. The second-order valence-corrected chi connectivity index (χ2v) is 7.67. The maximum Gasteiger partial charge on any atom is 0.341 e. The molecule has 1 aromatic rings. The first kappa shape index (κ1) is 19.3. The van der Waals surface area contributed by atoms with Crippen LogP contribution in [0.3, 0.4) is 0 Å². The summed E-state index contributed by atoms with van der Waals surface area (Å²) >= 11 is 29.2. The summed E-state index contributed by atoms with van der Waals surface area (Å²) in [6, 6.07) is 0. The molecule has 21 heavy (non-hydrogen) atoms. The van der Waals surface area contributed by atoms with Gasteiger partial charge in [0.2, 0.25) is 0 Å². The van der Waals surface area contributed by atoms with E-state index in [0.29, 0.717) is 0 Å². The Bertz CT molecular complexity index is 583. The topological polar surface area (TPSA) is 61.8 Å². The van der Waals surface area contributed by atoms with E-state index in [2.05, 4.69) is 9.05 Å². The Kier molecular flexibility index (Phi) is 7.10. The molecule has 0 saturated carbocycles. The number of rotatable bonds is 5. The van der Waals surface area contributed by atoms with E-state index >= 15 is 0 Å². The normalized spacial score (nSPS) is 11.6. The quantitative estimate of drug-likeness (QED) is 0.213. The van der Waals surface area contributed by atoms with Crippen LogP contribution in [0.2, 0.25) is 25.1 Å². The molecule has 0 atom stereocenters. The Hall–Kier alpha value is 0.290. The predicted molar refractivity (Wildman–Crippen MR) is 83.6 cm³/mol. The van der Waals surface area contributed by atoms with Gasteiger partial charge in [-0.2, -0.15) is 0 Å².